The Bertz CT molecular complexity index is 531. The van der Waals surface area contributed by atoms with Gasteiger partial charge in [-0.1, -0.05) is 5.16 Å². The topological polar surface area (TPSA) is 81.2 Å². The molecule has 2 rings (SSSR count). The third-order valence-corrected chi connectivity index (χ3v) is 2.02. The van der Waals surface area contributed by atoms with Gasteiger partial charge in [0.25, 0.3) is 0 Å². The second-order valence-electron chi connectivity index (χ2n) is 3.15. The van der Waals surface area contributed by atoms with Gasteiger partial charge in [-0.15, -0.1) is 0 Å². The molecule has 0 bridgehead atoms. The maximum absolute atomic E-state index is 8.83. The lowest BCUT2D eigenvalue weighted by atomic mass is 10.2. The van der Waals surface area contributed by atoms with E-state index in [0.29, 0.717) is 22.9 Å². The number of hydrogen-bond donors (Lipinski definition) is 0. The van der Waals surface area contributed by atoms with Gasteiger partial charge in [-0.05, 0) is 12.1 Å². The number of nitrogens with zero attached hydrogens (tertiary/aromatic N) is 3. The first kappa shape index (κ1) is 11.0. The molecule has 0 spiro atoms. The summed E-state index contributed by atoms with van der Waals surface area (Å²) in [5.74, 6) is 1.52. The van der Waals surface area contributed by atoms with Crippen molar-refractivity contribution in [2.24, 2.45) is 0 Å². The molecule has 0 atom stereocenters. The number of rotatable bonds is 4. The van der Waals surface area contributed by atoms with Crippen molar-refractivity contribution in [2.45, 2.75) is 6.61 Å². The lowest BCUT2D eigenvalue weighted by molar-refractivity contribution is 0.284. The summed E-state index contributed by atoms with van der Waals surface area (Å²) in [6, 6.07) is 6.95. The predicted molar refractivity (Wildman–Crippen MR) is 56.3 cm³/mol. The fourth-order valence-electron chi connectivity index (χ4n) is 1.24. The van der Waals surface area contributed by atoms with Gasteiger partial charge in [0.05, 0.1) is 18.7 Å². The van der Waals surface area contributed by atoms with Crippen molar-refractivity contribution < 1.29 is 14.0 Å². The molecule has 6 heteroatoms. The zero-order chi connectivity index (χ0) is 12.1. The van der Waals surface area contributed by atoms with Gasteiger partial charge >= 0.3 is 0 Å². The molecule has 1 aromatic carbocycles. The van der Waals surface area contributed by atoms with E-state index in [9.17, 15) is 0 Å². The maximum atomic E-state index is 8.83. The standard InChI is InChI=1S/C11H9N3O3/c1-15-9-2-8(5-12)3-10(4-9)16-6-11-13-7-17-14-11/h2-4,7H,6H2,1H3. The third-order valence-electron chi connectivity index (χ3n) is 2.02. The molecule has 0 saturated carbocycles. The van der Waals surface area contributed by atoms with Crippen LogP contribution < -0.4 is 9.47 Å². The van der Waals surface area contributed by atoms with E-state index < -0.39 is 0 Å². The Morgan fingerprint density at radius 1 is 1.35 bits per heavy atom. The summed E-state index contributed by atoms with van der Waals surface area (Å²) in [6.07, 6.45) is 1.23. The molecule has 0 radical (unpaired) electrons. The number of aromatic nitrogens is 2. The molecule has 0 unspecified atom stereocenters. The van der Waals surface area contributed by atoms with Crippen LogP contribution in [0, 0.1) is 11.3 Å². The highest BCUT2D eigenvalue weighted by atomic mass is 16.5. The van der Waals surface area contributed by atoms with Gasteiger partial charge in [0, 0.05) is 6.07 Å². The molecule has 0 aliphatic heterocycles. The summed E-state index contributed by atoms with van der Waals surface area (Å²) in [4.78, 5) is 3.82. The van der Waals surface area contributed by atoms with Gasteiger partial charge in [-0.2, -0.15) is 10.2 Å². The molecular weight excluding hydrogens is 222 g/mol. The number of ether oxygens (including phenoxy) is 2. The second-order valence-corrected chi connectivity index (χ2v) is 3.15. The molecule has 17 heavy (non-hydrogen) atoms. The summed E-state index contributed by atoms with van der Waals surface area (Å²) < 4.78 is 15.0. The van der Waals surface area contributed by atoms with Crippen LogP contribution in [0.5, 0.6) is 11.5 Å². The van der Waals surface area contributed by atoms with Crippen LogP contribution in [0.1, 0.15) is 11.4 Å². The van der Waals surface area contributed by atoms with Crippen molar-refractivity contribution in [3.05, 3.63) is 36.0 Å². The highest BCUT2D eigenvalue weighted by molar-refractivity contribution is 5.43. The minimum atomic E-state index is 0.175. The Kier molecular flexibility index (Phi) is 3.21. The Labute approximate surface area is 97.4 Å². The predicted octanol–water partition coefficient (Wildman–Crippen LogP) is 1.53. The fraction of sp³-hybridized carbons (Fsp3) is 0.182. The Morgan fingerprint density at radius 3 is 2.82 bits per heavy atom. The average Bonchev–Trinajstić information content (AvgIpc) is 2.89. The third kappa shape index (κ3) is 2.72. The first-order valence-electron chi connectivity index (χ1n) is 4.79. The van der Waals surface area contributed by atoms with E-state index in [1.807, 2.05) is 6.07 Å². The SMILES string of the molecule is COc1cc(C#N)cc(OCc2ncon2)c1. The molecule has 86 valence electrons. The number of methoxy groups -OCH3 is 1. The first-order chi connectivity index (χ1) is 8.31. The van der Waals surface area contributed by atoms with E-state index in [0.717, 1.165) is 0 Å². The monoisotopic (exact) mass is 231 g/mol. The molecule has 0 N–H and O–H groups in total. The van der Waals surface area contributed by atoms with Crippen LogP contribution in [0.4, 0.5) is 0 Å². The quantitative estimate of drug-likeness (QED) is 0.793. The lowest BCUT2D eigenvalue weighted by Crippen LogP contribution is -1.98. The molecule has 0 fully saturated rings. The van der Waals surface area contributed by atoms with Crippen molar-refractivity contribution in [1.82, 2.24) is 10.1 Å². The van der Waals surface area contributed by atoms with Gasteiger partial charge in [-0.25, -0.2) is 0 Å². The van der Waals surface area contributed by atoms with Crippen LogP contribution in [0.15, 0.2) is 29.1 Å². The molecule has 2 aromatic rings. The Balaban J connectivity index is 2.12. The van der Waals surface area contributed by atoms with Crippen LogP contribution in [-0.2, 0) is 6.61 Å². The highest BCUT2D eigenvalue weighted by Gasteiger charge is 2.04. The summed E-state index contributed by atoms with van der Waals surface area (Å²) >= 11 is 0. The van der Waals surface area contributed by atoms with E-state index in [2.05, 4.69) is 14.7 Å². The van der Waals surface area contributed by atoms with Gasteiger partial charge in [0.15, 0.2) is 6.61 Å². The molecule has 0 saturated heterocycles. The van der Waals surface area contributed by atoms with Crippen molar-refractivity contribution in [1.29, 1.82) is 5.26 Å². The zero-order valence-corrected chi connectivity index (χ0v) is 9.08. The zero-order valence-electron chi connectivity index (χ0n) is 9.08. The maximum Gasteiger partial charge on any atom is 0.213 e. The highest BCUT2D eigenvalue weighted by Crippen LogP contribution is 2.22. The largest absolute Gasteiger partial charge is 0.497 e. The average molecular weight is 231 g/mol. The van der Waals surface area contributed by atoms with Crippen molar-refractivity contribution in [3.63, 3.8) is 0 Å². The Morgan fingerprint density at radius 2 is 2.18 bits per heavy atom. The van der Waals surface area contributed by atoms with Crippen LogP contribution in [0.25, 0.3) is 0 Å². The fourth-order valence-corrected chi connectivity index (χ4v) is 1.24. The summed E-state index contributed by atoms with van der Waals surface area (Å²) in [5.41, 5.74) is 0.465. The minimum absolute atomic E-state index is 0.175. The van der Waals surface area contributed by atoms with E-state index in [1.165, 1.54) is 13.5 Å². The van der Waals surface area contributed by atoms with Gasteiger partial charge in [0.1, 0.15) is 11.5 Å². The number of hydrogen-bond acceptors (Lipinski definition) is 6. The molecular formula is C11H9N3O3. The van der Waals surface area contributed by atoms with Crippen LogP contribution in [0.2, 0.25) is 0 Å². The number of benzene rings is 1. The molecule has 1 aromatic heterocycles. The van der Waals surface area contributed by atoms with Crippen molar-refractivity contribution >= 4 is 0 Å². The van der Waals surface area contributed by atoms with Crippen LogP contribution in [0.3, 0.4) is 0 Å². The van der Waals surface area contributed by atoms with Gasteiger partial charge in [0.2, 0.25) is 12.2 Å². The minimum Gasteiger partial charge on any atom is -0.497 e. The molecule has 6 nitrogen and oxygen atoms in total. The van der Waals surface area contributed by atoms with Crippen molar-refractivity contribution in [2.75, 3.05) is 7.11 Å². The Hall–Kier alpha value is -2.55. The summed E-state index contributed by atoms with van der Waals surface area (Å²) in [5, 5.41) is 12.4. The van der Waals surface area contributed by atoms with Crippen LogP contribution >= 0.6 is 0 Å². The van der Waals surface area contributed by atoms with E-state index >= 15 is 0 Å². The molecule has 0 aliphatic carbocycles. The summed E-state index contributed by atoms with van der Waals surface area (Å²) in [6.45, 7) is 0.175. The van der Waals surface area contributed by atoms with Gasteiger partial charge in [-0.3, -0.25) is 0 Å². The molecule has 0 amide bonds. The second kappa shape index (κ2) is 4.99. The molecule has 1 heterocycles. The lowest BCUT2D eigenvalue weighted by Gasteiger charge is -2.06. The smallest absolute Gasteiger partial charge is 0.213 e. The summed E-state index contributed by atoms with van der Waals surface area (Å²) in [7, 11) is 1.53. The van der Waals surface area contributed by atoms with Gasteiger partial charge < -0.3 is 14.0 Å². The van der Waals surface area contributed by atoms with E-state index in [4.69, 9.17) is 14.7 Å². The van der Waals surface area contributed by atoms with Crippen LogP contribution in [-0.4, -0.2) is 17.3 Å². The first-order valence-corrected chi connectivity index (χ1v) is 4.79. The number of nitriles is 1. The normalized spacial score (nSPS) is 9.65. The van der Waals surface area contributed by atoms with E-state index in [-0.39, 0.29) is 6.61 Å². The van der Waals surface area contributed by atoms with E-state index in [1.54, 1.807) is 18.2 Å². The van der Waals surface area contributed by atoms with Crippen molar-refractivity contribution in [3.8, 4) is 17.6 Å². The molecule has 0 aliphatic rings.